The van der Waals surface area contributed by atoms with Crippen LogP contribution in [0.1, 0.15) is 11.8 Å². The van der Waals surface area contributed by atoms with Gasteiger partial charge in [0, 0.05) is 16.6 Å². The fraction of sp³-hybridized carbons (Fsp3) is 0.133. The highest BCUT2D eigenvalue weighted by Gasteiger charge is 1.98. The van der Waals surface area contributed by atoms with Crippen LogP contribution >= 0.6 is 11.3 Å². The molecule has 0 bridgehead atoms. The van der Waals surface area contributed by atoms with Crippen molar-refractivity contribution in [2.75, 3.05) is 11.9 Å². The van der Waals surface area contributed by atoms with Crippen LogP contribution in [0.3, 0.4) is 0 Å². The van der Waals surface area contributed by atoms with Crippen molar-refractivity contribution >= 4 is 29.0 Å². The number of amides is 1. The Bertz CT molecular complexity index is 544. The van der Waals surface area contributed by atoms with Gasteiger partial charge in [0.1, 0.15) is 5.75 Å². The molecule has 1 heterocycles. The Morgan fingerprint density at radius 2 is 2.11 bits per heavy atom. The van der Waals surface area contributed by atoms with Crippen LogP contribution in [0.2, 0.25) is 0 Å². The molecule has 0 spiro atoms. The van der Waals surface area contributed by atoms with Gasteiger partial charge in [-0.2, -0.15) is 0 Å². The van der Waals surface area contributed by atoms with Gasteiger partial charge < -0.3 is 10.1 Å². The molecule has 0 aliphatic carbocycles. The molecule has 0 saturated carbocycles. The van der Waals surface area contributed by atoms with Gasteiger partial charge in [0.25, 0.3) is 0 Å². The van der Waals surface area contributed by atoms with E-state index in [0.29, 0.717) is 6.61 Å². The van der Waals surface area contributed by atoms with Gasteiger partial charge in [-0.1, -0.05) is 6.07 Å². The summed E-state index contributed by atoms with van der Waals surface area (Å²) >= 11 is 1.60. The normalized spacial score (nSPS) is 10.6. The number of benzene rings is 1. The molecular formula is C15H15NO2S. The van der Waals surface area contributed by atoms with Crippen LogP contribution in [0.5, 0.6) is 5.75 Å². The van der Waals surface area contributed by atoms with Crippen LogP contribution in [-0.2, 0) is 4.79 Å². The molecule has 3 nitrogen and oxygen atoms in total. The van der Waals surface area contributed by atoms with Crippen molar-refractivity contribution in [2.24, 2.45) is 0 Å². The van der Waals surface area contributed by atoms with Crippen LogP contribution in [0, 0.1) is 0 Å². The van der Waals surface area contributed by atoms with E-state index in [1.807, 2.05) is 48.7 Å². The second-order valence-electron chi connectivity index (χ2n) is 3.80. The molecule has 0 saturated heterocycles. The van der Waals surface area contributed by atoms with Crippen LogP contribution in [0.4, 0.5) is 5.69 Å². The van der Waals surface area contributed by atoms with Gasteiger partial charge >= 0.3 is 0 Å². The number of hydrogen-bond acceptors (Lipinski definition) is 3. The minimum Gasteiger partial charge on any atom is -0.494 e. The maximum absolute atomic E-state index is 11.7. The summed E-state index contributed by atoms with van der Waals surface area (Å²) in [6.07, 6.45) is 3.33. The first-order valence-electron chi connectivity index (χ1n) is 6.03. The fourth-order valence-corrected chi connectivity index (χ4v) is 2.15. The van der Waals surface area contributed by atoms with Gasteiger partial charge in [0.15, 0.2) is 0 Å². The molecule has 1 aromatic heterocycles. The first kappa shape index (κ1) is 13.4. The van der Waals surface area contributed by atoms with Crippen LogP contribution in [0.15, 0.2) is 47.9 Å². The van der Waals surface area contributed by atoms with E-state index in [0.717, 1.165) is 16.3 Å². The second kappa shape index (κ2) is 6.75. The molecule has 0 radical (unpaired) electrons. The molecular weight excluding hydrogens is 258 g/mol. The molecule has 0 aliphatic heterocycles. The van der Waals surface area contributed by atoms with E-state index in [1.54, 1.807) is 17.4 Å². The third-order valence-electron chi connectivity index (χ3n) is 2.38. The van der Waals surface area contributed by atoms with E-state index in [2.05, 4.69) is 5.32 Å². The van der Waals surface area contributed by atoms with E-state index in [4.69, 9.17) is 4.74 Å². The average molecular weight is 273 g/mol. The maximum atomic E-state index is 11.7. The lowest BCUT2D eigenvalue weighted by Gasteiger charge is -2.05. The number of thiophene rings is 1. The molecule has 98 valence electrons. The molecule has 1 amide bonds. The maximum Gasteiger partial charge on any atom is 0.248 e. The smallest absolute Gasteiger partial charge is 0.248 e. The molecule has 1 N–H and O–H groups in total. The summed E-state index contributed by atoms with van der Waals surface area (Å²) in [5, 5.41) is 4.77. The Morgan fingerprint density at radius 3 is 2.74 bits per heavy atom. The molecule has 2 aromatic rings. The molecule has 4 heteroatoms. The zero-order chi connectivity index (χ0) is 13.5. The van der Waals surface area contributed by atoms with E-state index in [1.165, 1.54) is 6.08 Å². The summed E-state index contributed by atoms with van der Waals surface area (Å²) in [6, 6.07) is 11.2. The van der Waals surface area contributed by atoms with Crippen molar-refractivity contribution < 1.29 is 9.53 Å². The lowest BCUT2D eigenvalue weighted by molar-refractivity contribution is -0.111. The van der Waals surface area contributed by atoms with Gasteiger partial charge in [-0.25, -0.2) is 0 Å². The van der Waals surface area contributed by atoms with Gasteiger partial charge in [-0.3, -0.25) is 4.79 Å². The third kappa shape index (κ3) is 4.26. The van der Waals surface area contributed by atoms with Crippen molar-refractivity contribution in [2.45, 2.75) is 6.92 Å². The number of rotatable bonds is 5. The fourth-order valence-electron chi connectivity index (χ4n) is 1.53. The number of carbonyl (C=O) groups excluding carboxylic acids is 1. The zero-order valence-electron chi connectivity index (χ0n) is 10.6. The van der Waals surface area contributed by atoms with Crippen molar-refractivity contribution in [3.63, 3.8) is 0 Å². The summed E-state index contributed by atoms with van der Waals surface area (Å²) in [4.78, 5) is 12.8. The molecule has 0 atom stereocenters. The van der Waals surface area contributed by atoms with Crippen molar-refractivity contribution in [1.29, 1.82) is 0 Å². The van der Waals surface area contributed by atoms with Gasteiger partial charge in [-0.05, 0) is 48.7 Å². The van der Waals surface area contributed by atoms with Crippen molar-refractivity contribution in [3.05, 3.63) is 52.7 Å². The standard InChI is InChI=1S/C15H15NO2S/c1-2-18-13-7-5-12(6-8-13)16-15(17)10-9-14-4-3-11-19-14/h3-11H,2H2,1H3,(H,16,17). The minimum absolute atomic E-state index is 0.141. The third-order valence-corrected chi connectivity index (χ3v) is 3.21. The summed E-state index contributed by atoms with van der Waals surface area (Å²) < 4.78 is 5.34. The lowest BCUT2D eigenvalue weighted by atomic mass is 10.3. The molecule has 0 fully saturated rings. The number of carbonyl (C=O) groups is 1. The van der Waals surface area contributed by atoms with Crippen LogP contribution in [0.25, 0.3) is 6.08 Å². The van der Waals surface area contributed by atoms with E-state index < -0.39 is 0 Å². The quantitative estimate of drug-likeness (QED) is 0.841. The lowest BCUT2D eigenvalue weighted by Crippen LogP contribution is -2.07. The van der Waals surface area contributed by atoms with E-state index in [-0.39, 0.29) is 5.91 Å². The summed E-state index contributed by atoms with van der Waals surface area (Å²) in [5.74, 6) is 0.659. The van der Waals surface area contributed by atoms with Gasteiger partial charge in [0.05, 0.1) is 6.61 Å². The Labute approximate surface area is 116 Å². The Kier molecular flexibility index (Phi) is 4.75. The summed E-state index contributed by atoms with van der Waals surface area (Å²) in [7, 11) is 0. The molecule has 1 aromatic carbocycles. The number of nitrogens with one attached hydrogen (secondary N) is 1. The Hall–Kier alpha value is -2.07. The van der Waals surface area contributed by atoms with Crippen molar-refractivity contribution in [3.8, 4) is 5.75 Å². The second-order valence-corrected chi connectivity index (χ2v) is 4.77. The minimum atomic E-state index is -0.141. The molecule has 0 unspecified atom stereocenters. The highest BCUT2D eigenvalue weighted by molar-refractivity contribution is 7.10. The number of ether oxygens (including phenoxy) is 1. The van der Waals surface area contributed by atoms with Gasteiger partial charge in [-0.15, -0.1) is 11.3 Å². The first-order valence-corrected chi connectivity index (χ1v) is 6.91. The summed E-state index contributed by atoms with van der Waals surface area (Å²) in [6.45, 7) is 2.57. The Morgan fingerprint density at radius 1 is 1.32 bits per heavy atom. The number of anilines is 1. The summed E-state index contributed by atoms with van der Waals surface area (Å²) in [5.41, 5.74) is 0.754. The van der Waals surface area contributed by atoms with E-state index >= 15 is 0 Å². The highest BCUT2D eigenvalue weighted by atomic mass is 32.1. The first-order chi connectivity index (χ1) is 9.28. The predicted octanol–water partition coefficient (Wildman–Crippen LogP) is 3.80. The number of hydrogen-bond donors (Lipinski definition) is 1. The molecule has 19 heavy (non-hydrogen) atoms. The Balaban J connectivity index is 1.91. The van der Waals surface area contributed by atoms with Crippen LogP contribution in [-0.4, -0.2) is 12.5 Å². The highest BCUT2D eigenvalue weighted by Crippen LogP contribution is 2.16. The van der Waals surface area contributed by atoms with Crippen LogP contribution < -0.4 is 10.1 Å². The van der Waals surface area contributed by atoms with Crippen molar-refractivity contribution in [1.82, 2.24) is 0 Å². The topological polar surface area (TPSA) is 38.3 Å². The predicted molar refractivity (Wildman–Crippen MR) is 79.6 cm³/mol. The SMILES string of the molecule is CCOc1ccc(NC(=O)C=Cc2cccs2)cc1. The largest absolute Gasteiger partial charge is 0.494 e. The zero-order valence-corrected chi connectivity index (χ0v) is 11.4. The molecule has 0 aliphatic rings. The monoisotopic (exact) mass is 273 g/mol. The van der Waals surface area contributed by atoms with Gasteiger partial charge in [0.2, 0.25) is 5.91 Å². The molecule has 2 rings (SSSR count). The average Bonchev–Trinajstić information content (AvgIpc) is 2.92. The van der Waals surface area contributed by atoms with E-state index in [9.17, 15) is 4.79 Å².